The lowest BCUT2D eigenvalue weighted by Gasteiger charge is -2.42. The van der Waals surface area contributed by atoms with Crippen LogP contribution in [0.1, 0.15) is 34.1 Å². The van der Waals surface area contributed by atoms with Gasteiger partial charge in [-0.25, -0.2) is 0 Å². The normalized spacial score (nSPS) is 28.9. The molecule has 1 saturated heterocycles. The third-order valence-electron chi connectivity index (χ3n) is 5.24. The molecular formula is C19H28N3O2+. The average Bonchev–Trinajstić information content (AvgIpc) is 2.46. The van der Waals surface area contributed by atoms with Crippen LogP contribution in [0.3, 0.4) is 0 Å². The third-order valence-corrected chi connectivity index (χ3v) is 5.24. The maximum Gasteiger partial charge on any atom is 0.283 e. The van der Waals surface area contributed by atoms with Crippen LogP contribution < -0.4 is 15.1 Å². The molecule has 2 aliphatic heterocycles. The fraction of sp³-hybridized carbons (Fsp3) is 0.579. The third kappa shape index (κ3) is 3.05. The summed E-state index contributed by atoms with van der Waals surface area (Å²) in [7, 11) is 0. The number of amides is 2. The predicted molar refractivity (Wildman–Crippen MR) is 95.1 cm³/mol. The summed E-state index contributed by atoms with van der Waals surface area (Å²) >= 11 is 0. The molecule has 2 amide bonds. The van der Waals surface area contributed by atoms with Gasteiger partial charge in [0.15, 0.2) is 6.54 Å². The number of nitrogens with zero attached hydrogens (tertiary/aromatic N) is 1. The maximum absolute atomic E-state index is 13.1. The molecule has 2 atom stereocenters. The van der Waals surface area contributed by atoms with Gasteiger partial charge in [-0.3, -0.25) is 14.5 Å². The minimum absolute atomic E-state index is 0.0265. The van der Waals surface area contributed by atoms with E-state index in [1.807, 2.05) is 38.1 Å². The van der Waals surface area contributed by atoms with Crippen LogP contribution in [-0.4, -0.2) is 37.0 Å². The van der Waals surface area contributed by atoms with E-state index in [2.05, 4.69) is 19.2 Å². The highest BCUT2D eigenvalue weighted by Gasteiger charge is 2.44. The lowest BCUT2D eigenvalue weighted by molar-refractivity contribution is -0.904. The van der Waals surface area contributed by atoms with Gasteiger partial charge in [-0.2, -0.15) is 0 Å². The molecule has 0 radical (unpaired) electrons. The highest BCUT2D eigenvalue weighted by atomic mass is 16.2. The summed E-state index contributed by atoms with van der Waals surface area (Å²) in [4.78, 5) is 28.6. The Morgan fingerprint density at radius 1 is 1.25 bits per heavy atom. The molecule has 0 bridgehead atoms. The second-order valence-electron chi connectivity index (χ2n) is 8.04. The number of nitrogens with one attached hydrogen (secondary N) is 2. The van der Waals surface area contributed by atoms with Crippen molar-refractivity contribution in [3.05, 3.63) is 24.3 Å². The lowest BCUT2D eigenvalue weighted by atomic mass is 9.91. The molecule has 1 fully saturated rings. The summed E-state index contributed by atoms with van der Waals surface area (Å²) in [6, 6.07) is 7.54. The highest BCUT2D eigenvalue weighted by molar-refractivity contribution is 6.14. The van der Waals surface area contributed by atoms with Gasteiger partial charge >= 0.3 is 0 Å². The monoisotopic (exact) mass is 330 g/mol. The Labute approximate surface area is 144 Å². The Kier molecular flexibility index (Phi) is 4.38. The van der Waals surface area contributed by atoms with Crippen LogP contribution in [0.25, 0.3) is 0 Å². The van der Waals surface area contributed by atoms with Crippen molar-refractivity contribution in [2.45, 2.75) is 39.7 Å². The van der Waals surface area contributed by atoms with E-state index in [9.17, 15) is 9.59 Å². The van der Waals surface area contributed by atoms with Crippen molar-refractivity contribution in [3.63, 3.8) is 0 Å². The zero-order valence-corrected chi connectivity index (χ0v) is 15.1. The van der Waals surface area contributed by atoms with Gasteiger partial charge in [-0.1, -0.05) is 26.0 Å². The van der Waals surface area contributed by atoms with Crippen LogP contribution in [0.5, 0.6) is 0 Å². The number of quaternary nitrogens is 1. The van der Waals surface area contributed by atoms with Crippen molar-refractivity contribution in [3.8, 4) is 0 Å². The summed E-state index contributed by atoms with van der Waals surface area (Å²) in [6.07, 6.45) is 1.23. The zero-order valence-electron chi connectivity index (χ0n) is 15.1. The molecule has 3 rings (SSSR count). The first-order chi connectivity index (χ1) is 11.3. The summed E-state index contributed by atoms with van der Waals surface area (Å²) < 4.78 is 0. The van der Waals surface area contributed by atoms with E-state index >= 15 is 0 Å². The SMILES string of the molecule is C[C@@H]1C[C@@H](C)C[NH+](CC(=O)N2c3ccccc3NC(=O)C2(C)C)C1. The number of piperidine rings is 1. The molecule has 2 aliphatic rings. The van der Waals surface area contributed by atoms with E-state index in [-0.39, 0.29) is 11.8 Å². The quantitative estimate of drug-likeness (QED) is 0.859. The van der Waals surface area contributed by atoms with Gasteiger partial charge in [-0.05, 0) is 32.4 Å². The zero-order chi connectivity index (χ0) is 17.5. The number of hydrogen-bond donors (Lipinski definition) is 2. The Balaban J connectivity index is 1.86. The number of benzene rings is 1. The second-order valence-corrected chi connectivity index (χ2v) is 8.04. The summed E-state index contributed by atoms with van der Waals surface area (Å²) in [5.41, 5.74) is 0.632. The van der Waals surface area contributed by atoms with Crippen molar-refractivity contribution in [1.82, 2.24) is 0 Å². The average molecular weight is 330 g/mol. The molecule has 0 saturated carbocycles. The second kappa shape index (κ2) is 6.20. The first kappa shape index (κ1) is 17.0. The molecule has 0 unspecified atom stereocenters. The van der Waals surface area contributed by atoms with E-state index in [1.165, 1.54) is 11.3 Å². The minimum atomic E-state index is -0.877. The highest BCUT2D eigenvalue weighted by Crippen LogP contribution is 2.36. The van der Waals surface area contributed by atoms with Gasteiger partial charge in [0.1, 0.15) is 5.54 Å². The number of hydrogen-bond acceptors (Lipinski definition) is 2. The fourth-order valence-electron chi connectivity index (χ4n) is 4.26. The van der Waals surface area contributed by atoms with Gasteiger partial charge in [0.2, 0.25) is 5.91 Å². The number of rotatable bonds is 2. The topological polar surface area (TPSA) is 53.9 Å². The van der Waals surface area contributed by atoms with Crippen molar-refractivity contribution in [2.75, 3.05) is 29.9 Å². The molecule has 5 nitrogen and oxygen atoms in total. The van der Waals surface area contributed by atoms with Crippen LogP contribution in [0.15, 0.2) is 24.3 Å². The Bertz CT molecular complexity index is 646. The van der Waals surface area contributed by atoms with Crippen LogP contribution in [-0.2, 0) is 9.59 Å². The largest absolute Gasteiger partial charge is 0.327 e. The number of anilines is 2. The lowest BCUT2D eigenvalue weighted by Crippen LogP contribution is -3.15. The van der Waals surface area contributed by atoms with Gasteiger partial charge in [0.05, 0.1) is 24.5 Å². The molecule has 2 heterocycles. The number of likely N-dealkylation sites (tertiary alicyclic amines) is 1. The Hall–Kier alpha value is -1.88. The number of para-hydroxylation sites is 2. The molecule has 0 spiro atoms. The molecular weight excluding hydrogens is 302 g/mol. The van der Waals surface area contributed by atoms with E-state index in [4.69, 9.17) is 0 Å². The molecule has 0 aromatic heterocycles. The van der Waals surface area contributed by atoms with Crippen LogP contribution in [0.2, 0.25) is 0 Å². The van der Waals surface area contributed by atoms with Crippen LogP contribution in [0, 0.1) is 11.8 Å². The Morgan fingerprint density at radius 2 is 1.88 bits per heavy atom. The molecule has 1 aromatic carbocycles. The fourth-order valence-corrected chi connectivity index (χ4v) is 4.26. The van der Waals surface area contributed by atoms with Crippen molar-refractivity contribution in [1.29, 1.82) is 0 Å². The van der Waals surface area contributed by atoms with Gasteiger partial charge in [-0.15, -0.1) is 0 Å². The standard InChI is InChI=1S/C19H27N3O2/c1-13-9-14(2)11-21(10-13)12-17(23)22-16-8-6-5-7-15(16)20-18(24)19(22,3)4/h5-8,13-14H,9-12H2,1-4H3,(H,20,24)/p+1/t13-,14-/m1/s1. The summed E-state index contributed by atoms with van der Waals surface area (Å²) in [5, 5.41) is 2.91. The van der Waals surface area contributed by atoms with Crippen molar-refractivity contribution >= 4 is 23.2 Å². The molecule has 0 aliphatic carbocycles. The van der Waals surface area contributed by atoms with Crippen LogP contribution >= 0.6 is 0 Å². The van der Waals surface area contributed by atoms with E-state index in [0.717, 1.165) is 18.8 Å². The summed E-state index contributed by atoms with van der Waals surface area (Å²) in [5.74, 6) is 1.17. The maximum atomic E-state index is 13.1. The first-order valence-corrected chi connectivity index (χ1v) is 8.86. The number of carbonyl (C=O) groups is 2. The smallest absolute Gasteiger partial charge is 0.283 e. The van der Waals surface area contributed by atoms with E-state index in [0.29, 0.717) is 24.1 Å². The Morgan fingerprint density at radius 3 is 2.54 bits per heavy atom. The summed E-state index contributed by atoms with van der Waals surface area (Å²) in [6.45, 7) is 10.6. The molecule has 1 aromatic rings. The number of carbonyl (C=O) groups excluding carboxylic acids is 2. The molecule has 130 valence electrons. The van der Waals surface area contributed by atoms with Crippen LogP contribution in [0.4, 0.5) is 11.4 Å². The number of fused-ring (bicyclic) bond motifs is 1. The van der Waals surface area contributed by atoms with Gasteiger partial charge in [0.25, 0.3) is 5.91 Å². The van der Waals surface area contributed by atoms with Gasteiger partial charge in [0, 0.05) is 11.8 Å². The van der Waals surface area contributed by atoms with Crippen molar-refractivity contribution < 1.29 is 14.5 Å². The molecule has 5 heteroatoms. The van der Waals surface area contributed by atoms with Crippen molar-refractivity contribution in [2.24, 2.45) is 11.8 Å². The van der Waals surface area contributed by atoms with Gasteiger partial charge < -0.3 is 10.2 Å². The van der Waals surface area contributed by atoms with E-state index in [1.54, 1.807) is 4.90 Å². The molecule has 24 heavy (non-hydrogen) atoms. The molecule has 2 N–H and O–H groups in total. The van der Waals surface area contributed by atoms with E-state index < -0.39 is 5.54 Å². The predicted octanol–water partition coefficient (Wildman–Crippen LogP) is 1.31. The first-order valence-electron chi connectivity index (χ1n) is 8.86. The minimum Gasteiger partial charge on any atom is -0.327 e.